The van der Waals surface area contributed by atoms with Crippen LogP contribution in [0.25, 0.3) is 0 Å². The van der Waals surface area contributed by atoms with Gasteiger partial charge in [0.1, 0.15) is 0 Å². The highest BCUT2D eigenvalue weighted by molar-refractivity contribution is 7.90. The number of nitrogens with two attached hydrogens (primary N) is 1. The maximum absolute atomic E-state index is 12.6. The number of carbonyl (C=O) groups excluding carboxylic acids is 1. The lowest BCUT2D eigenvalue weighted by molar-refractivity contribution is -0.136. The highest BCUT2D eigenvalue weighted by Gasteiger charge is 2.36. The van der Waals surface area contributed by atoms with Crippen molar-refractivity contribution in [2.75, 3.05) is 19.6 Å². The summed E-state index contributed by atoms with van der Waals surface area (Å²) in [7, 11) is -3.45. The highest BCUT2D eigenvalue weighted by atomic mass is 32.2. The Morgan fingerprint density at radius 2 is 1.79 bits per heavy atom. The Balaban J connectivity index is 1.95. The first kappa shape index (κ1) is 19.7. The second-order valence-electron chi connectivity index (χ2n) is 7.47. The quantitative estimate of drug-likeness (QED) is 0.722. The molecule has 7 heteroatoms. The third kappa shape index (κ3) is 4.70. The summed E-state index contributed by atoms with van der Waals surface area (Å²) in [6, 6.07) is 0. The average molecular weight is 360 g/mol. The Kier molecular flexibility index (Phi) is 6.67. The molecule has 0 aromatic heterocycles. The molecule has 140 valence electrons. The first-order chi connectivity index (χ1) is 11.3. The zero-order chi connectivity index (χ0) is 17.8. The molecule has 0 spiro atoms. The molecule has 1 saturated carbocycles. The Morgan fingerprint density at radius 3 is 2.38 bits per heavy atom. The molecule has 1 atom stereocenters. The predicted octanol–water partition coefficient (Wildman–Crippen LogP) is 1.60. The number of hydrogen-bond acceptors (Lipinski definition) is 4. The number of amides is 1. The largest absolute Gasteiger partial charge is 0.341 e. The number of rotatable bonds is 7. The molecule has 24 heavy (non-hydrogen) atoms. The number of hydrogen-bond donors (Lipinski definition) is 2. The van der Waals surface area contributed by atoms with Gasteiger partial charge >= 0.3 is 0 Å². The summed E-state index contributed by atoms with van der Waals surface area (Å²) < 4.78 is 28.0. The van der Waals surface area contributed by atoms with Crippen LogP contribution < -0.4 is 10.5 Å². The lowest BCUT2D eigenvalue weighted by Crippen LogP contribution is -2.54. The average Bonchev–Trinajstić information content (AvgIpc) is 3.14. The summed E-state index contributed by atoms with van der Waals surface area (Å²) in [4.78, 5) is 14.3. The Labute approximate surface area is 146 Å². The molecule has 0 radical (unpaired) electrons. The predicted molar refractivity (Wildman–Crippen MR) is 96.0 cm³/mol. The van der Waals surface area contributed by atoms with E-state index in [2.05, 4.69) is 4.72 Å². The van der Waals surface area contributed by atoms with Crippen LogP contribution in [0.3, 0.4) is 0 Å². The van der Waals surface area contributed by atoms with Gasteiger partial charge in [-0.25, -0.2) is 13.1 Å². The minimum Gasteiger partial charge on any atom is -0.341 e. The fourth-order valence-corrected chi connectivity index (χ4v) is 5.26. The Morgan fingerprint density at radius 1 is 1.17 bits per heavy atom. The third-order valence-electron chi connectivity index (χ3n) is 5.87. The van der Waals surface area contributed by atoms with Crippen LogP contribution in [0.2, 0.25) is 0 Å². The van der Waals surface area contributed by atoms with E-state index in [1.165, 1.54) is 0 Å². The number of nitrogens with one attached hydrogen (secondary N) is 1. The van der Waals surface area contributed by atoms with Gasteiger partial charge in [-0.2, -0.15) is 0 Å². The smallest absolute Gasteiger partial charge is 0.225 e. The van der Waals surface area contributed by atoms with Crippen molar-refractivity contribution in [1.82, 2.24) is 9.62 Å². The van der Waals surface area contributed by atoms with Crippen LogP contribution >= 0.6 is 0 Å². The van der Waals surface area contributed by atoms with Gasteiger partial charge < -0.3 is 10.6 Å². The van der Waals surface area contributed by atoms with Crippen molar-refractivity contribution in [2.45, 2.75) is 76.0 Å². The van der Waals surface area contributed by atoms with Gasteiger partial charge in [0.15, 0.2) is 0 Å². The lowest BCUT2D eigenvalue weighted by atomic mass is 9.95. The van der Waals surface area contributed by atoms with Crippen LogP contribution in [0, 0.1) is 5.92 Å². The zero-order valence-electron chi connectivity index (χ0n) is 15.1. The molecule has 1 aliphatic carbocycles. The van der Waals surface area contributed by atoms with Crippen LogP contribution in [-0.4, -0.2) is 49.6 Å². The minimum atomic E-state index is -3.45. The van der Waals surface area contributed by atoms with E-state index in [9.17, 15) is 13.2 Å². The third-order valence-corrected chi connectivity index (χ3v) is 7.68. The van der Waals surface area contributed by atoms with E-state index in [0.717, 1.165) is 44.9 Å². The van der Waals surface area contributed by atoms with Gasteiger partial charge in [-0.1, -0.05) is 26.7 Å². The van der Waals surface area contributed by atoms with E-state index in [4.69, 9.17) is 5.73 Å². The Hall–Kier alpha value is -0.660. The summed E-state index contributed by atoms with van der Waals surface area (Å²) in [6.07, 6.45) is 6.94. The highest BCUT2D eigenvalue weighted by Crippen LogP contribution is 2.28. The van der Waals surface area contributed by atoms with Gasteiger partial charge in [-0.3, -0.25) is 4.79 Å². The SMILES string of the molecule is CCC(N)(CC)CNS(=O)(=O)C1CCCN(C(=O)C2CCCC2)C1. The fourth-order valence-electron chi connectivity index (χ4n) is 3.68. The molecule has 1 saturated heterocycles. The van der Waals surface area contributed by atoms with Crippen molar-refractivity contribution in [3.05, 3.63) is 0 Å². The van der Waals surface area contributed by atoms with E-state index in [-0.39, 0.29) is 18.4 Å². The molecule has 0 aromatic rings. The van der Waals surface area contributed by atoms with Crippen molar-refractivity contribution >= 4 is 15.9 Å². The van der Waals surface area contributed by atoms with E-state index in [1.807, 2.05) is 13.8 Å². The molecule has 6 nitrogen and oxygen atoms in total. The fraction of sp³-hybridized carbons (Fsp3) is 0.941. The van der Waals surface area contributed by atoms with Gasteiger partial charge in [0.25, 0.3) is 0 Å². The topological polar surface area (TPSA) is 92.5 Å². The summed E-state index contributed by atoms with van der Waals surface area (Å²) in [5.74, 6) is 0.263. The number of likely N-dealkylation sites (tertiary alicyclic amines) is 1. The molecule has 1 amide bonds. The molecular formula is C17H33N3O3S. The van der Waals surface area contributed by atoms with Gasteiger partial charge in [-0.15, -0.1) is 0 Å². The summed E-state index contributed by atoms with van der Waals surface area (Å²) in [5, 5.41) is -0.519. The summed E-state index contributed by atoms with van der Waals surface area (Å²) in [6.45, 7) is 5.21. The molecule has 0 bridgehead atoms. The van der Waals surface area contributed by atoms with Gasteiger partial charge in [0, 0.05) is 31.1 Å². The van der Waals surface area contributed by atoms with Crippen molar-refractivity contribution in [1.29, 1.82) is 0 Å². The van der Waals surface area contributed by atoms with Gasteiger partial charge in [-0.05, 0) is 38.5 Å². The second kappa shape index (κ2) is 8.15. The minimum absolute atomic E-state index is 0.108. The summed E-state index contributed by atoms with van der Waals surface area (Å²) in [5.41, 5.74) is 5.70. The molecule has 1 heterocycles. The van der Waals surface area contributed by atoms with E-state index in [0.29, 0.717) is 19.5 Å². The second-order valence-corrected chi connectivity index (χ2v) is 9.51. The molecule has 3 N–H and O–H groups in total. The monoisotopic (exact) mass is 359 g/mol. The molecule has 1 aliphatic heterocycles. The van der Waals surface area contributed by atoms with Crippen molar-refractivity contribution in [3.8, 4) is 0 Å². The van der Waals surface area contributed by atoms with Crippen LogP contribution in [0.4, 0.5) is 0 Å². The van der Waals surface area contributed by atoms with Crippen molar-refractivity contribution in [2.24, 2.45) is 11.7 Å². The molecule has 0 aromatic carbocycles. The van der Waals surface area contributed by atoms with Crippen molar-refractivity contribution in [3.63, 3.8) is 0 Å². The van der Waals surface area contributed by atoms with Crippen LogP contribution in [0.5, 0.6) is 0 Å². The normalized spacial score (nSPS) is 23.6. The molecule has 2 aliphatic rings. The van der Waals surface area contributed by atoms with Gasteiger partial charge in [0.2, 0.25) is 15.9 Å². The standard InChI is InChI=1S/C17H33N3O3S/c1-3-17(18,4-2)13-19-24(22,23)15-10-7-11-20(12-15)16(21)14-8-5-6-9-14/h14-15,19H,3-13,18H2,1-2H3. The van der Waals surface area contributed by atoms with E-state index >= 15 is 0 Å². The van der Waals surface area contributed by atoms with Crippen molar-refractivity contribution < 1.29 is 13.2 Å². The number of nitrogens with zero attached hydrogens (tertiary/aromatic N) is 1. The lowest BCUT2D eigenvalue weighted by Gasteiger charge is -2.35. The first-order valence-corrected chi connectivity index (χ1v) is 10.9. The summed E-state index contributed by atoms with van der Waals surface area (Å²) >= 11 is 0. The van der Waals surface area contributed by atoms with Crippen LogP contribution in [0.15, 0.2) is 0 Å². The van der Waals surface area contributed by atoms with Crippen LogP contribution in [0.1, 0.15) is 65.2 Å². The molecule has 2 fully saturated rings. The maximum atomic E-state index is 12.6. The Bertz CT molecular complexity index is 525. The van der Waals surface area contributed by atoms with Crippen LogP contribution in [-0.2, 0) is 14.8 Å². The molecule has 2 rings (SSSR count). The molecule has 1 unspecified atom stereocenters. The first-order valence-electron chi connectivity index (χ1n) is 9.37. The van der Waals surface area contributed by atoms with Gasteiger partial charge in [0.05, 0.1) is 5.25 Å². The number of carbonyl (C=O) groups is 1. The number of piperidine rings is 1. The molecular weight excluding hydrogens is 326 g/mol. The number of sulfonamides is 1. The van der Waals surface area contributed by atoms with E-state index in [1.54, 1.807) is 4.90 Å². The maximum Gasteiger partial charge on any atom is 0.225 e. The van der Waals surface area contributed by atoms with E-state index < -0.39 is 20.8 Å². The zero-order valence-corrected chi connectivity index (χ0v) is 15.9.